The number of likely N-dealkylation sites (tertiary alicyclic amines) is 1. The highest BCUT2D eigenvalue weighted by molar-refractivity contribution is 9.10. The quantitative estimate of drug-likeness (QED) is 0.632. The predicted octanol–water partition coefficient (Wildman–Crippen LogP) is 4.22. The molecule has 2 aromatic heterocycles. The lowest BCUT2D eigenvalue weighted by atomic mass is 10.1. The summed E-state index contributed by atoms with van der Waals surface area (Å²) in [7, 11) is 0. The van der Waals surface area contributed by atoms with Crippen molar-refractivity contribution in [3.8, 4) is 11.4 Å². The Balaban J connectivity index is 1.50. The fourth-order valence-electron chi connectivity index (χ4n) is 2.83. The summed E-state index contributed by atoms with van der Waals surface area (Å²) < 4.78 is 19.1. The molecule has 0 radical (unpaired) electrons. The van der Waals surface area contributed by atoms with E-state index < -0.39 is 0 Å². The van der Waals surface area contributed by atoms with Crippen LogP contribution in [0.25, 0.3) is 11.4 Å². The van der Waals surface area contributed by atoms with E-state index in [9.17, 15) is 9.18 Å². The topological polar surface area (TPSA) is 59.2 Å². The van der Waals surface area contributed by atoms with Crippen molar-refractivity contribution < 1.29 is 13.7 Å². The van der Waals surface area contributed by atoms with Crippen LogP contribution in [-0.4, -0.2) is 27.5 Å². The van der Waals surface area contributed by atoms with E-state index in [1.54, 1.807) is 23.5 Å². The lowest BCUT2D eigenvalue weighted by molar-refractivity contribution is -0.128. The first-order chi connectivity index (χ1) is 12.1. The average molecular weight is 422 g/mol. The van der Waals surface area contributed by atoms with Gasteiger partial charge in [0.15, 0.2) is 0 Å². The van der Waals surface area contributed by atoms with Crippen LogP contribution < -0.4 is 0 Å². The van der Waals surface area contributed by atoms with Crippen molar-refractivity contribution in [1.29, 1.82) is 0 Å². The molecule has 0 spiro atoms. The number of aromatic nitrogens is 2. The largest absolute Gasteiger partial charge is 0.339 e. The van der Waals surface area contributed by atoms with Gasteiger partial charge in [-0.15, -0.1) is 11.3 Å². The number of halogens is 2. The van der Waals surface area contributed by atoms with Crippen molar-refractivity contribution in [3.05, 3.63) is 56.8 Å². The smallest absolute Gasteiger partial charge is 0.232 e. The van der Waals surface area contributed by atoms with E-state index in [0.29, 0.717) is 41.3 Å². The van der Waals surface area contributed by atoms with Gasteiger partial charge in [0.25, 0.3) is 0 Å². The predicted molar refractivity (Wildman–Crippen MR) is 94.5 cm³/mol. The van der Waals surface area contributed by atoms with E-state index in [0.717, 1.165) is 4.88 Å². The van der Waals surface area contributed by atoms with Gasteiger partial charge in [-0.25, -0.2) is 4.39 Å². The van der Waals surface area contributed by atoms with Gasteiger partial charge in [0, 0.05) is 23.4 Å². The third-order valence-electron chi connectivity index (χ3n) is 4.11. The molecule has 1 atom stereocenters. The highest BCUT2D eigenvalue weighted by atomic mass is 79.9. The number of carbonyl (C=O) groups excluding carboxylic acids is 1. The zero-order chi connectivity index (χ0) is 17.4. The minimum absolute atomic E-state index is 0.0858. The van der Waals surface area contributed by atoms with Crippen LogP contribution in [0.1, 0.15) is 23.1 Å². The average Bonchev–Trinajstić information content (AvgIpc) is 3.32. The van der Waals surface area contributed by atoms with Crippen LogP contribution in [-0.2, 0) is 11.3 Å². The molecular formula is C17H13BrFN3O2S. The van der Waals surface area contributed by atoms with Gasteiger partial charge in [0.1, 0.15) is 5.82 Å². The molecule has 1 unspecified atom stereocenters. The lowest BCUT2D eigenvalue weighted by Crippen LogP contribution is -2.23. The van der Waals surface area contributed by atoms with E-state index in [2.05, 4.69) is 26.1 Å². The van der Waals surface area contributed by atoms with E-state index in [1.165, 1.54) is 6.07 Å². The first-order valence-corrected chi connectivity index (χ1v) is 9.36. The van der Waals surface area contributed by atoms with Gasteiger partial charge in [-0.2, -0.15) is 4.98 Å². The second kappa shape index (κ2) is 6.68. The first kappa shape index (κ1) is 16.4. The summed E-state index contributed by atoms with van der Waals surface area (Å²) in [5.74, 6) is 0.454. The molecule has 3 aromatic rings. The summed E-state index contributed by atoms with van der Waals surface area (Å²) in [4.78, 5) is 19.6. The van der Waals surface area contributed by atoms with Gasteiger partial charge in [-0.1, -0.05) is 11.2 Å². The van der Waals surface area contributed by atoms with Gasteiger partial charge in [-0.3, -0.25) is 4.79 Å². The Morgan fingerprint density at radius 3 is 3.04 bits per heavy atom. The number of rotatable bonds is 4. The highest BCUT2D eigenvalue weighted by Crippen LogP contribution is 2.31. The highest BCUT2D eigenvalue weighted by Gasteiger charge is 2.34. The summed E-state index contributed by atoms with van der Waals surface area (Å²) in [5.41, 5.74) is 0.656. The second-order valence-electron chi connectivity index (χ2n) is 5.84. The molecule has 1 aliphatic heterocycles. The van der Waals surface area contributed by atoms with Gasteiger partial charge in [0.05, 0.1) is 16.9 Å². The zero-order valence-electron chi connectivity index (χ0n) is 13.0. The molecule has 0 bridgehead atoms. The molecule has 0 aliphatic carbocycles. The SMILES string of the molecule is O=C1CC(c2nc(-c3ccc(F)c(Br)c3)no2)CN1Cc1cccs1. The Morgan fingerprint density at radius 2 is 2.28 bits per heavy atom. The third-order valence-corrected chi connectivity index (χ3v) is 5.58. The maximum absolute atomic E-state index is 13.4. The van der Waals surface area contributed by atoms with Gasteiger partial charge >= 0.3 is 0 Å². The molecule has 8 heteroatoms. The van der Waals surface area contributed by atoms with Crippen molar-refractivity contribution in [3.63, 3.8) is 0 Å². The molecule has 0 saturated carbocycles. The maximum Gasteiger partial charge on any atom is 0.232 e. The van der Waals surface area contributed by atoms with E-state index in [1.807, 2.05) is 22.4 Å². The van der Waals surface area contributed by atoms with Crippen molar-refractivity contribution in [2.45, 2.75) is 18.9 Å². The molecule has 5 nitrogen and oxygen atoms in total. The zero-order valence-corrected chi connectivity index (χ0v) is 15.4. The van der Waals surface area contributed by atoms with Crippen molar-refractivity contribution in [2.24, 2.45) is 0 Å². The number of hydrogen-bond donors (Lipinski definition) is 0. The van der Waals surface area contributed by atoms with E-state index >= 15 is 0 Å². The van der Waals surface area contributed by atoms with Crippen molar-refractivity contribution >= 4 is 33.2 Å². The summed E-state index contributed by atoms with van der Waals surface area (Å²) in [5, 5.41) is 5.97. The van der Waals surface area contributed by atoms with Crippen LogP contribution in [0.4, 0.5) is 4.39 Å². The third kappa shape index (κ3) is 3.36. The number of benzene rings is 1. The Kier molecular flexibility index (Phi) is 4.39. The second-order valence-corrected chi connectivity index (χ2v) is 7.73. The molecule has 4 rings (SSSR count). The monoisotopic (exact) mass is 421 g/mol. The molecule has 3 heterocycles. The molecule has 1 saturated heterocycles. The van der Waals surface area contributed by atoms with Gasteiger partial charge in [0.2, 0.25) is 17.6 Å². The first-order valence-electron chi connectivity index (χ1n) is 7.69. The Labute approximate surface area is 155 Å². The Hall–Kier alpha value is -2.06. The standard InChI is InChI=1S/C17H13BrFN3O2S/c18-13-6-10(3-4-14(13)19)16-20-17(24-21-16)11-7-15(23)22(8-11)9-12-2-1-5-25-12/h1-6,11H,7-9H2. The van der Waals surface area contributed by atoms with Crippen LogP contribution in [0.15, 0.2) is 44.7 Å². The minimum Gasteiger partial charge on any atom is -0.339 e. The minimum atomic E-state index is -0.349. The van der Waals surface area contributed by atoms with E-state index in [4.69, 9.17) is 4.52 Å². The molecule has 1 amide bonds. The molecular weight excluding hydrogens is 409 g/mol. The van der Waals surface area contributed by atoms with Crippen LogP contribution in [0.2, 0.25) is 0 Å². The lowest BCUT2D eigenvalue weighted by Gasteiger charge is -2.14. The van der Waals surface area contributed by atoms with Crippen LogP contribution in [0, 0.1) is 5.82 Å². The van der Waals surface area contributed by atoms with Gasteiger partial charge < -0.3 is 9.42 Å². The van der Waals surface area contributed by atoms with E-state index in [-0.39, 0.29) is 17.6 Å². The molecule has 1 aliphatic rings. The molecule has 0 N–H and O–H groups in total. The number of thiophene rings is 1. The molecule has 1 aromatic carbocycles. The number of hydrogen-bond acceptors (Lipinski definition) is 5. The van der Waals surface area contributed by atoms with Crippen molar-refractivity contribution in [2.75, 3.05) is 6.54 Å². The fourth-order valence-corrected chi connectivity index (χ4v) is 3.93. The normalized spacial score (nSPS) is 17.4. The van der Waals surface area contributed by atoms with Crippen molar-refractivity contribution in [1.82, 2.24) is 15.0 Å². The van der Waals surface area contributed by atoms with Crippen LogP contribution in [0.5, 0.6) is 0 Å². The van der Waals surface area contributed by atoms with Crippen LogP contribution in [0.3, 0.4) is 0 Å². The van der Waals surface area contributed by atoms with Gasteiger partial charge in [-0.05, 0) is 45.6 Å². The molecule has 25 heavy (non-hydrogen) atoms. The summed E-state index contributed by atoms with van der Waals surface area (Å²) in [6, 6.07) is 8.54. The maximum atomic E-state index is 13.4. The number of nitrogens with zero attached hydrogens (tertiary/aromatic N) is 3. The Morgan fingerprint density at radius 1 is 1.40 bits per heavy atom. The number of amides is 1. The fraction of sp³-hybridized carbons (Fsp3) is 0.235. The summed E-state index contributed by atoms with van der Waals surface area (Å²) >= 11 is 4.78. The Bertz CT molecular complexity index is 913. The summed E-state index contributed by atoms with van der Waals surface area (Å²) in [6.45, 7) is 1.17. The van der Waals surface area contributed by atoms with Crippen LogP contribution >= 0.6 is 27.3 Å². The summed E-state index contributed by atoms with van der Waals surface area (Å²) in [6.07, 6.45) is 0.361. The number of carbonyl (C=O) groups is 1. The molecule has 1 fully saturated rings. The molecule has 128 valence electrons.